The first-order valence-electron chi connectivity index (χ1n) is 14.2. The fourth-order valence-electron chi connectivity index (χ4n) is 6.70. The van der Waals surface area contributed by atoms with E-state index in [4.69, 9.17) is 0 Å². The van der Waals surface area contributed by atoms with Gasteiger partial charge in [0.1, 0.15) is 10.6 Å². The van der Waals surface area contributed by atoms with Crippen LogP contribution in [0.3, 0.4) is 0 Å². The standard InChI is InChI=1S/C30H31F8NO5S/c1-2-13-26(14-11-19(12-15-26)24(40)41)25(42)39-17-16-27(18-39,45(43,44)23-9-7-22(31)8-10-23)20-3-5-21(6-4-20)28(32,29(33,34)35)30(36,37)38/h3-10,19H,2,11-18H2,1H3,(H,40,41)/t19-,26-,27-/m0/s1. The van der Waals surface area contributed by atoms with Crippen LogP contribution >= 0.6 is 0 Å². The SMILES string of the molecule is CCC[C@]1(C(=O)N2CC[C@](c3ccc(C(F)(C(F)(F)F)C(F)(F)F)cc3)(S(=O)(=O)c3ccc(F)cc3)C2)CC[C@H](C(=O)O)CC1. The van der Waals surface area contributed by atoms with E-state index in [1.807, 2.05) is 6.92 Å². The molecule has 1 amide bonds. The average molecular weight is 670 g/mol. The molecule has 1 atom stereocenters. The molecule has 1 saturated carbocycles. The van der Waals surface area contributed by atoms with E-state index in [2.05, 4.69) is 0 Å². The Balaban J connectivity index is 1.79. The molecule has 248 valence electrons. The number of carbonyl (C=O) groups is 2. The van der Waals surface area contributed by atoms with Gasteiger partial charge in [-0.2, -0.15) is 26.3 Å². The summed E-state index contributed by atoms with van der Waals surface area (Å²) in [5.74, 6) is -2.84. The summed E-state index contributed by atoms with van der Waals surface area (Å²) in [6, 6.07) is 5.45. The van der Waals surface area contributed by atoms with Crippen LogP contribution in [0.4, 0.5) is 35.1 Å². The molecule has 1 aliphatic heterocycles. The highest BCUT2D eigenvalue weighted by molar-refractivity contribution is 7.92. The molecule has 1 N–H and O–H groups in total. The van der Waals surface area contributed by atoms with Gasteiger partial charge in [-0.05, 0) is 68.4 Å². The lowest BCUT2D eigenvalue weighted by molar-refractivity contribution is -0.348. The van der Waals surface area contributed by atoms with Crippen molar-refractivity contribution < 1.29 is 58.2 Å². The van der Waals surface area contributed by atoms with Crippen molar-refractivity contribution in [2.75, 3.05) is 13.1 Å². The van der Waals surface area contributed by atoms with Gasteiger partial charge in [-0.25, -0.2) is 17.2 Å². The normalized spacial score (nSPS) is 24.9. The first-order valence-corrected chi connectivity index (χ1v) is 15.7. The summed E-state index contributed by atoms with van der Waals surface area (Å²) < 4.78 is 135. The minimum Gasteiger partial charge on any atom is -0.481 e. The third-order valence-electron chi connectivity index (χ3n) is 9.22. The second kappa shape index (κ2) is 11.8. The van der Waals surface area contributed by atoms with Crippen LogP contribution in [0.2, 0.25) is 0 Å². The van der Waals surface area contributed by atoms with Gasteiger partial charge in [0, 0.05) is 24.1 Å². The van der Waals surface area contributed by atoms with Crippen LogP contribution in [-0.4, -0.2) is 55.7 Å². The van der Waals surface area contributed by atoms with E-state index in [-0.39, 0.29) is 56.3 Å². The summed E-state index contributed by atoms with van der Waals surface area (Å²) in [5.41, 5.74) is -8.81. The lowest BCUT2D eigenvalue weighted by atomic mass is 9.67. The van der Waals surface area contributed by atoms with Crippen LogP contribution in [0.15, 0.2) is 53.4 Å². The number of hydrogen-bond donors (Lipinski definition) is 1. The van der Waals surface area contributed by atoms with Crippen molar-refractivity contribution in [3.05, 3.63) is 65.5 Å². The maximum absolute atomic E-state index is 14.8. The molecule has 0 spiro atoms. The largest absolute Gasteiger partial charge is 0.481 e. The Hall–Kier alpha value is -3.23. The van der Waals surface area contributed by atoms with Crippen molar-refractivity contribution in [2.24, 2.45) is 11.3 Å². The molecule has 0 bridgehead atoms. The fourth-order valence-corrected chi connectivity index (χ4v) is 8.78. The molecule has 45 heavy (non-hydrogen) atoms. The Labute approximate surface area is 254 Å². The molecule has 1 heterocycles. The number of aliphatic carboxylic acids is 1. The van der Waals surface area contributed by atoms with Crippen molar-refractivity contribution in [3.8, 4) is 0 Å². The van der Waals surface area contributed by atoms with Crippen molar-refractivity contribution >= 4 is 21.7 Å². The van der Waals surface area contributed by atoms with Gasteiger partial charge < -0.3 is 10.0 Å². The molecule has 2 aliphatic rings. The zero-order valence-electron chi connectivity index (χ0n) is 24.0. The number of nitrogens with zero attached hydrogens (tertiary/aromatic N) is 1. The Morgan fingerprint density at radius 2 is 1.42 bits per heavy atom. The second-order valence-electron chi connectivity index (χ2n) is 11.8. The molecule has 2 fully saturated rings. The predicted octanol–water partition coefficient (Wildman–Crippen LogP) is 7.08. The van der Waals surface area contributed by atoms with Crippen LogP contribution < -0.4 is 0 Å². The zero-order valence-corrected chi connectivity index (χ0v) is 24.8. The summed E-state index contributed by atoms with van der Waals surface area (Å²) in [4.78, 5) is 26.4. The maximum Gasteiger partial charge on any atom is 0.435 e. The highest BCUT2D eigenvalue weighted by Crippen LogP contribution is 2.54. The van der Waals surface area contributed by atoms with Gasteiger partial charge in [-0.1, -0.05) is 37.6 Å². The van der Waals surface area contributed by atoms with E-state index in [0.29, 0.717) is 25.0 Å². The highest BCUT2D eigenvalue weighted by atomic mass is 32.2. The highest BCUT2D eigenvalue weighted by Gasteiger charge is 2.73. The van der Waals surface area contributed by atoms with Crippen LogP contribution in [0.5, 0.6) is 0 Å². The molecule has 15 heteroatoms. The van der Waals surface area contributed by atoms with Gasteiger partial charge in [-0.3, -0.25) is 9.59 Å². The third kappa shape index (κ3) is 5.80. The molecule has 2 aromatic rings. The van der Waals surface area contributed by atoms with E-state index < -0.39 is 78.6 Å². The van der Waals surface area contributed by atoms with Crippen molar-refractivity contribution in [2.45, 2.75) is 79.5 Å². The number of halogens is 8. The number of carboxylic acids is 1. The molecule has 2 aromatic carbocycles. The molecule has 1 aliphatic carbocycles. The summed E-state index contributed by atoms with van der Waals surface area (Å²) >= 11 is 0. The van der Waals surface area contributed by atoms with Crippen molar-refractivity contribution in [3.63, 3.8) is 0 Å². The quantitative estimate of drug-likeness (QED) is 0.240. The summed E-state index contributed by atoms with van der Waals surface area (Å²) in [6.07, 6.45) is -11.2. The van der Waals surface area contributed by atoms with Gasteiger partial charge in [-0.15, -0.1) is 0 Å². The number of alkyl halides is 7. The monoisotopic (exact) mass is 669 g/mol. The van der Waals surface area contributed by atoms with Crippen molar-refractivity contribution in [1.29, 1.82) is 0 Å². The number of benzene rings is 2. The topological polar surface area (TPSA) is 91.8 Å². The summed E-state index contributed by atoms with van der Waals surface area (Å²) in [5, 5.41) is 9.42. The Morgan fingerprint density at radius 3 is 1.89 bits per heavy atom. The number of sulfone groups is 1. The third-order valence-corrected chi connectivity index (χ3v) is 11.7. The van der Waals surface area contributed by atoms with Gasteiger partial charge in [0.15, 0.2) is 9.84 Å². The summed E-state index contributed by atoms with van der Waals surface area (Å²) in [7, 11) is -4.60. The Bertz CT molecular complexity index is 1500. The van der Waals surface area contributed by atoms with E-state index in [9.17, 15) is 58.2 Å². The zero-order chi connectivity index (χ0) is 33.6. The maximum atomic E-state index is 14.8. The van der Waals surface area contributed by atoms with Gasteiger partial charge in [0.25, 0.3) is 0 Å². The molecule has 0 aromatic heterocycles. The molecule has 1 saturated heterocycles. The lowest BCUT2D eigenvalue weighted by Crippen LogP contribution is -2.50. The molecular formula is C30H31F8NO5S. The van der Waals surface area contributed by atoms with E-state index in [1.165, 1.54) is 4.90 Å². The molecular weight excluding hydrogens is 638 g/mol. The first-order chi connectivity index (χ1) is 20.8. The van der Waals surface area contributed by atoms with Crippen LogP contribution in [0, 0.1) is 17.2 Å². The molecule has 4 rings (SSSR count). The Morgan fingerprint density at radius 1 is 0.889 bits per heavy atom. The average Bonchev–Trinajstić information content (AvgIpc) is 3.43. The minimum absolute atomic E-state index is 0.160. The predicted molar refractivity (Wildman–Crippen MR) is 145 cm³/mol. The van der Waals surface area contributed by atoms with Gasteiger partial charge in [0.05, 0.1) is 10.8 Å². The first kappa shape index (κ1) is 34.6. The number of amides is 1. The number of likely N-dealkylation sites (tertiary alicyclic amines) is 1. The lowest BCUT2D eigenvalue weighted by Gasteiger charge is -2.41. The number of hydrogen-bond acceptors (Lipinski definition) is 4. The van der Waals surface area contributed by atoms with Gasteiger partial charge in [0.2, 0.25) is 5.91 Å². The smallest absolute Gasteiger partial charge is 0.435 e. The number of carbonyl (C=O) groups excluding carboxylic acids is 1. The van der Waals surface area contributed by atoms with Gasteiger partial charge >= 0.3 is 24.0 Å². The van der Waals surface area contributed by atoms with E-state index in [0.717, 1.165) is 24.3 Å². The molecule has 0 unspecified atom stereocenters. The number of rotatable bonds is 8. The van der Waals surface area contributed by atoms with E-state index >= 15 is 0 Å². The minimum atomic E-state index is -6.38. The fraction of sp³-hybridized carbons (Fsp3) is 0.533. The van der Waals surface area contributed by atoms with Crippen molar-refractivity contribution in [1.82, 2.24) is 4.90 Å². The van der Waals surface area contributed by atoms with Crippen LogP contribution in [-0.2, 0) is 29.8 Å². The summed E-state index contributed by atoms with van der Waals surface area (Å²) in [6.45, 7) is 1.13. The molecule has 0 radical (unpaired) electrons. The Kier molecular flexibility index (Phi) is 9.12. The van der Waals surface area contributed by atoms with E-state index in [1.54, 1.807) is 0 Å². The second-order valence-corrected chi connectivity index (χ2v) is 14.1. The molecule has 6 nitrogen and oxygen atoms in total. The van der Waals surface area contributed by atoms with Crippen LogP contribution in [0.25, 0.3) is 0 Å². The van der Waals surface area contributed by atoms with Crippen LogP contribution in [0.1, 0.15) is 63.0 Å². The number of carboxylic acid groups (broad SMARTS) is 1.